The highest BCUT2D eigenvalue weighted by Gasteiger charge is 2.57. The predicted molar refractivity (Wildman–Crippen MR) is 61.5 cm³/mol. The van der Waals surface area contributed by atoms with E-state index in [0.717, 1.165) is 25.7 Å². The Morgan fingerprint density at radius 2 is 2.06 bits per heavy atom. The van der Waals surface area contributed by atoms with Gasteiger partial charge < -0.3 is 10.2 Å². The average molecular weight is 247 g/mol. The van der Waals surface area contributed by atoms with Gasteiger partial charge in [0, 0.05) is 0 Å². The number of alkyl halides is 1. The van der Waals surface area contributed by atoms with Crippen molar-refractivity contribution in [2.75, 3.05) is 0 Å². The molecule has 0 saturated heterocycles. The standard InChI is InChI=1S/C12H19ClO3/c1-11-5-2-3-9(13)12(11,16)7-8(4-6-11)10(14)15/h8-9,16H,2-7H2,1H3,(H,14,15)/t8-,9+,11-,12?/m1/s1. The molecule has 0 amide bonds. The zero-order valence-electron chi connectivity index (χ0n) is 9.58. The summed E-state index contributed by atoms with van der Waals surface area (Å²) in [6.45, 7) is 2.06. The van der Waals surface area contributed by atoms with Crippen LogP contribution in [0.4, 0.5) is 0 Å². The molecule has 2 saturated carbocycles. The Morgan fingerprint density at radius 3 is 2.69 bits per heavy atom. The van der Waals surface area contributed by atoms with Gasteiger partial charge in [-0.2, -0.15) is 0 Å². The number of hydrogen-bond acceptors (Lipinski definition) is 2. The van der Waals surface area contributed by atoms with Crippen molar-refractivity contribution in [1.82, 2.24) is 0 Å². The van der Waals surface area contributed by atoms with Gasteiger partial charge in [-0.05, 0) is 37.5 Å². The van der Waals surface area contributed by atoms with E-state index >= 15 is 0 Å². The van der Waals surface area contributed by atoms with Crippen molar-refractivity contribution in [1.29, 1.82) is 0 Å². The predicted octanol–water partition coefficient (Wildman–Crippen LogP) is 2.40. The van der Waals surface area contributed by atoms with E-state index in [0.29, 0.717) is 12.8 Å². The highest BCUT2D eigenvalue weighted by Crippen LogP contribution is 2.55. The fourth-order valence-corrected chi connectivity index (χ4v) is 3.91. The monoisotopic (exact) mass is 246 g/mol. The number of carboxylic acids is 1. The van der Waals surface area contributed by atoms with Crippen LogP contribution in [0.15, 0.2) is 0 Å². The van der Waals surface area contributed by atoms with Gasteiger partial charge in [-0.25, -0.2) is 0 Å². The van der Waals surface area contributed by atoms with E-state index in [1.807, 2.05) is 0 Å². The van der Waals surface area contributed by atoms with Gasteiger partial charge in [0.15, 0.2) is 0 Å². The number of carbonyl (C=O) groups is 1. The van der Waals surface area contributed by atoms with Gasteiger partial charge in [0.25, 0.3) is 0 Å². The molecular formula is C12H19ClO3. The van der Waals surface area contributed by atoms with Gasteiger partial charge in [0.2, 0.25) is 0 Å². The molecule has 0 heterocycles. The molecule has 0 bridgehead atoms. The molecule has 0 aromatic heterocycles. The Kier molecular flexibility index (Phi) is 2.96. The lowest BCUT2D eigenvalue weighted by Gasteiger charge is -2.55. The molecule has 4 atom stereocenters. The molecule has 0 aromatic carbocycles. The van der Waals surface area contributed by atoms with Gasteiger partial charge in [-0.3, -0.25) is 4.79 Å². The second kappa shape index (κ2) is 3.88. The fourth-order valence-electron chi connectivity index (χ4n) is 3.40. The van der Waals surface area contributed by atoms with Crippen LogP contribution >= 0.6 is 11.6 Å². The number of carboxylic acid groups (broad SMARTS) is 1. The highest BCUT2D eigenvalue weighted by atomic mass is 35.5. The molecule has 4 heteroatoms. The van der Waals surface area contributed by atoms with E-state index in [4.69, 9.17) is 16.7 Å². The first-order chi connectivity index (χ1) is 7.39. The van der Waals surface area contributed by atoms with Gasteiger partial charge in [-0.1, -0.05) is 13.3 Å². The third-order valence-electron chi connectivity index (χ3n) is 4.70. The lowest BCUT2D eigenvalue weighted by atomic mass is 9.55. The first-order valence-electron chi connectivity index (χ1n) is 5.98. The first-order valence-corrected chi connectivity index (χ1v) is 6.42. The van der Waals surface area contributed by atoms with Crippen molar-refractivity contribution in [2.24, 2.45) is 11.3 Å². The zero-order chi connectivity index (χ0) is 12.0. The van der Waals surface area contributed by atoms with E-state index in [1.165, 1.54) is 0 Å². The summed E-state index contributed by atoms with van der Waals surface area (Å²) in [5.74, 6) is -1.23. The Morgan fingerprint density at radius 1 is 1.38 bits per heavy atom. The van der Waals surface area contributed by atoms with Crippen LogP contribution in [0.1, 0.15) is 45.4 Å². The second-order valence-corrected chi connectivity index (χ2v) is 6.15. The van der Waals surface area contributed by atoms with Crippen LogP contribution < -0.4 is 0 Å². The van der Waals surface area contributed by atoms with Crippen molar-refractivity contribution < 1.29 is 15.0 Å². The number of aliphatic hydroxyl groups is 1. The maximum Gasteiger partial charge on any atom is 0.306 e. The molecule has 2 aliphatic carbocycles. The minimum Gasteiger partial charge on any atom is -0.481 e. The van der Waals surface area contributed by atoms with Crippen molar-refractivity contribution >= 4 is 17.6 Å². The summed E-state index contributed by atoms with van der Waals surface area (Å²) in [5, 5.41) is 19.5. The molecule has 0 aromatic rings. The Labute approximate surface area is 101 Å². The number of aliphatic carboxylic acids is 1. The molecular weight excluding hydrogens is 228 g/mol. The fraction of sp³-hybridized carbons (Fsp3) is 0.917. The highest BCUT2D eigenvalue weighted by molar-refractivity contribution is 6.21. The quantitative estimate of drug-likeness (QED) is 0.699. The second-order valence-electron chi connectivity index (χ2n) is 5.62. The summed E-state index contributed by atoms with van der Waals surface area (Å²) < 4.78 is 0. The minimum atomic E-state index is -0.992. The van der Waals surface area contributed by atoms with E-state index in [9.17, 15) is 9.90 Å². The Balaban J connectivity index is 2.26. The van der Waals surface area contributed by atoms with Crippen molar-refractivity contribution in [3.05, 3.63) is 0 Å². The van der Waals surface area contributed by atoms with E-state index in [-0.39, 0.29) is 10.8 Å². The van der Waals surface area contributed by atoms with Crippen LogP contribution in [-0.4, -0.2) is 27.2 Å². The number of fused-ring (bicyclic) bond motifs is 1. The molecule has 0 aliphatic heterocycles. The van der Waals surface area contributed by atoms with Crippen LogP contribution in [0.25, 0.3) is 0 Å². The van der Waals surface area contributed by atoms with Crippen LogP contribution in [0.2, 0.25) is 0 Å². The van der Waals surface area contributed by atoms with Crippen LogP contribution in [-0.2, 0) is 4.79 Å². The third kappa shape index (κ3) is 1.65. The summed E-state index contributed by atoms with van der Waals surface area (Å²) in [4.78, 5) is 11.0. The van der Waals surface area contributed by atoms with Crippen molar-refractivity contribution in [3.8, 4) is 0 Å². The number of halogens is 1. The smallest absolute Gasteiger partial charge is 0.306 e. The molecule has 92 valence electrons. The molecule has 0 spiro atoms. The molecule has 2 aliphatic rings. The summed E-state index contributed by atoms with van der Waals surface area (Å²) in [6, 6.07) is 0. The summed E-state index contributed by atoms with van der Waals surface area (Å²) in [6.07, 6.45) is 4.53. The average Bonchev–Trinajstić information content (AvgIpc) is 2.20. The molecule has 1 unspecified atom stereocenters. The summed E-state index contributed by atoms with van der Waals surface area (Å²) in [7, 11) is 0. The number of rotatable bonds is 1. The lowest BCUT2D eigenvalue weighted by Crippen LogP contribution is -2.59. The van der Waals surface area contributed by atoms with Crippen LogP contribution in [0.5, 0.6) is 0 Å². The normalized spacial score (nSPS) is 48.4. The zero-order valence-corrected chi connectivity index (χ0v) is 10.3. The maximum atomic E-state index is 11.0. The first kappa shape index (κ1) is 12.2. The van der Waals surface area contributed by atoms with Crippen LogP contribution in [0, 0.1) is 11.3 Å². The molecule has 2 N–H and O–H groups in total. The SMILES string of the molecule is C[C@]12CCC[C@H](Cl)C1(O)C[C@H](C(=O)O)CC2. The molecule has 2 fully saturated rings. The third-order valence-corrected chi connectivity index (χ3v) is 5.28. The van der Waals surface area contributed by atoms with E-state index < -0.39 is 17.5 Å². The molecule has 16 heavy (non-hydrogen) atoms. The van der Waals surface area contributed by atoms with Gasteiger partial charge in [0.1, 0.15) is 0 Å². The molecule has 0 radical (unpaired) electrons. The van der Waals surface area contributed by atoms with Crippen LogP contribution in [0.3, 0.4) is 0 Å². The van der Waals surface area contributed by atoms with E-state index in [1.54, 1.807) is 0 Å². The van der Waals surface area contributed by atoms with Gasteiger partial charge >= 0.3 is 5.97 Å². The molecule has 2 rings (SSSR count). The lowest BCUT2D eigenvalue weighted by molar-refractivity contribution is -0.165. The van der Waals surface area contributed by atoms with Gasteiger partial charge in [-0.15, -0.1) is 11.6 Å². The topological polar surface area (TPSA) is 57.5 Å². The van der Waals surface area contributed by atoms with Crippen molar-refractivity contribution in [2.45, 2.75) is 56.4 Å². The van der Waals surface area contributed by atoms with Crippen molar-refractivity contribution in [3.63, 3.8) is 0 Å². The Bertz CT molecular complexity index is 307. The largest absolute Gasteiger partial charge is 0.481 e. The maximum absolute atomic E-state index is 11.0. The van der Waals surface area contributed by atoms with E-state index in [2.05, 4.69) is 6.92 Å². The Hall–Kier alpha value is -0.280. The minimum absolute atomic E-state index is 0.191. The summed E-state index contributed by atoms with van der Waals surface area (Å²) in [5.41, 5.74) is -1.18. The number of hydrogen-bond donors (Lipinski definition) is 2. The molecule has 3 nitrogen and oxygen atoms in total. The van der Waals surface area contributed by atoms with Gasteiger partial charge in [0.05, 0.1) is 16.9 Å². The summed E-state index contributed by atoms with van der Waals surface area (Å²) >= 11 is 6.25.